The average molecular weight is 351 g/mol. The molecule has 3 aromatic rings. The Bertz CT molecular complexity index is 928. The van der Waals surface area contributed by atoms with E-state index in [9.17, 15) is 9.59 Å². The number of fused-ring (bicyclic) bond motifs is 1. The number of esters is 1. The van der Waals surface area contributed by atoms with Crippen LogP contribution in [0.3, 0.4) is 0 Å². The van der Waals surface area contributed by atoms with Gasteiger partial charge in [0.05, 0.1) is 6.61 Å². The highest BCUT2D eigenvalue weighted by Crippen LogP contribution is 2.27. The highest BCUT2D eigenvalue weighted by molar-refractivity contribution is 6.07. The Balaban J connectivity index is 1.88. The summed E-state index contributed by atoms with van der Waals surface area (Å²) in [6.45, 7) is 4.13. The first kappa shape index (κ1) is 17.7. The minimum atomic E-state index is -0.330. The van der Waals surface area contributed by atoms with Gasteiger partial charge in [-0.3, -0.25) is 9.59 Å². The number of rotatable bonds is 7. The van der Waals surface area contributed by atoms with Gasteiger partial charge in [-0.1, -0.05) is 30.3 Å². The molecule has 2 aromatic carbocycles. The molecular formula is C21H21NO4. The predicted molar refractivity (Wildman–Crippen MR) is 99.3 cm³/mol. The summed E-state index contributed by atoms with van der Waals surface area (Å²) in [7, 11) is 0. The lowest BCUT2D eigenvalue weighted by Crippen LogP contribution is -2.12. The van der Waals surface area contributed by atoms with Gasteiger partial charge in [-0.25, -0.2) is 0 Å². The van der Waals surface area contributed by atoms with Gasteiger partial charge in [-0.15, -0.1) is 0 Å². The van der Waals surface area contributed by atoms with Crippen LogP contribution in [0.2, 0.25) is 0 Å². The molecular weight excluding hydrogens is 330 g/mol. The van der Waals surface area contributed by atoms with Crippen LogP contribution in [0, 0.1) is 0 Å². The van der Waals surface area contributed by atoms with Crippen LogP contribution in [0.4, 0.5) is 0 Å². The molecule has 3 rings (SSSR count). The van der Waals surface area contributed by atoms with Crippen LogP contribution in [0.15, 0.2) is 54.7 Å². The normalized spacial score (nSPS) is 10.7. The third-order valence-corrected chi connectivity index (χ3v) is 4.08. The fourth-order valence-electron chi connectivity index (χ4n) is 2.86. The minimum Gasteiger partial charge on any atom is -0.489 e. The van der Waals surface area contributed by atoms with Gasteiger partial charge in [-0.2, -0.15) is 0 Å². The molecule has 0 saturated carbocycles. The highest BCUT2D eigenvalue weighted by atomic mass is 16.5. The van der Waals surface area contributed by atoms with Crippen molar-refractivity contribution >= 4 is 22.7 Å². The zero-order valence-electron chi connectivity index (χ0n) is 14.9. The molecule has 26 heavy (non-hydrogen) atoms. The SMILES string of the molecule is CCOC(=O)Cn1cc(C(C)=O)c2cc(OCc3ccccc3)ccc21. The van der Waals surface area contributed by atoms with Crippen molar-refractivity contribution in [2.24, 2.45) is 0 Å². The maximum absolute atomic E-state index is 12.0. The van der Waals surface area contributed by atoms with Crippen molar-refractivity contribution in [3.8, 4) is 5.75 Å². The van der Waals surface area contributed by atoms with Crippen LogP contribution in [0.5, 0.6) is 5.75 Å². The number of hydrogen-bond donors (Lipinski definition) is 0. The second kappa shape index (κ2) is 7.87. The average Bonchev–Trinajstić information content (AvgIpc) is 2.99. The molecule has 0 radical (unpaired) electrons. The number of carbonyl (C=O) groups excluding carboxylic acids is 2. The second-order valence-electron chi connectivity index (χ2n) is 5.99. The molecule has 0 saturated heterocycles. The van der Waals surface area contributed by atoms with E-state index in [1.165, 1.54) is 6.92 Å². The Labute approximate surface area is 152 Å². The number of benzene rings is 2. The molecule has 0 unspecified atom stereocenters. The smallest absolute Gasteiger partial charge is 0.325 e. The zero-order valence-corrected chi connectivity index (χ0v) is 14.9. The molecule has 0 bridgehead atoms. The van der Waals surface area contributed by atoms with Crippen LogP contribution >= 0.6 is 0 Å². The molecule has 5 heteroatoms. The van der Waals surface area contributed by atoms with Gasteiger partial charge in [0.15, 0.2) is 5.78 Å². The van der Waals surface area contributed by atoms with Crippen LogP contribution in [0.1, 0.15) is 29.8 Å². The van der Waals surface area contributed by atoms with E-state index >= 15 is 0 Å². The first-order valence-electron chi connectivity index (χ1n) is 8.54. The number of ketones is 1. The van der Waals surface area contributed by atoms with Crippen molar-refractivity contribution in [3.05, 3.63) is 65.9 Å². The van der Waals surface area contributed by atoms with Gasteiger partial charge in [0.2, 0.25) is 0 Å². The summed E-state index contributed by atoms with van der Waals surface area (Å²) in [5, 5.41) is 0.771. The molecule has 0 aliphatic rings. The van der Waals surface area contributed by atoms with Gasteiger partial charge in [0.25, 0.3) is 0 Å². The Hall–Kier alpha value is -3.08. The summed E-state index contributed by atoms with van der Waals surface area (Å²) >= 11 is 0. The van der Waals surface area contributed by atoms with Crippen molar-refractivity contribution in [1.82, 2.24) is 4.57 Å². The maximum atomic E-state index is 12.0. The summed E-state index contributed by atoms with van der Waals surface area (Å²) in [5.74, 6) is 0.291. The Kier molecular flexibility index (Phi) is 5.37. The summed E-state index contributed by atoms with van der Waals surface area (Å²) in [4.78, 5) is 23.8. The van der Waals surface area contributed by atoms with E-state index in [1.54, 1.807) is 17.7 Å². The molecule has 5 nitrogen and oxygen atoms in total. The van der Waals surface area contributed by atoms with Crippen LogP contribution in [0.25, 0.3) is 10.9 Å². The fraction of sp³-hybridized carbons (Fsp3) is 0.238. The third kappa shape index (κ3) is 3.94. The largest absolute Gasteiger partial charge is 0.489 e. The van der Waals surface area contributed by atoms with Gasteiger partial charge in [0, 0.05) is 22.7 Å². The molecule has 1 aromatic heterocycles. The van der Waals surface area contributed by atoms with Gasteiger partial charge in [-0.05, 0) is 37.6 Å². The van der Waals surface area contributed by atoms with E-state index in [2.05, 4.69) is 0 Å². The van der Waals surface area contributed by atoms with E-state index in [0.29, 0.717) is 24.5 Å². The van der Waals surface area contributed by atoms with Crippen LogP contribution in [-0.4, -0.2) is 22.9 Å². The number of Topliss-reactive ketones (excluding diaryl/α,β-unsaturated/α-hetero) is 1. The molecule has 0 aliphatic heterocycles. The van der Waals surface area contributed by atoms with Crippen molar-refractivity contribution in [3.63, 3.8) is 0 Å². The molecule has 134 valence electrons. The number of nitrogens with zero attached hydrogens (tertiary/aromatic N) is 1. The second-order valence-corrected chi connectivity index (χ2v) is 5.99. The van der Waals surface area contributed by atoms with Crippen molar-refractivity contribution in [1.29, 1.82) is 0 Å². The molecule has 0 atom stereocenters. The van der Waals surface area contributed by atoms with E-state index < -0.39 is 0 Å². The molecule has 0 N–H and O–H groups in total. The van der Waals surface area contributed by atoms with E-state index in [-0.39, 0.29) is 18.3 Å². The molecule has 1 heterocycles. The number of aromatic nitrogens is 1. The Morgan fingerprint density at radius 2 is 1.85 bits per heavy atom. The summed E-state index contributed by atoms with van der Waals surface area (Å²) in [6, 6.07) is 15.4. The predicted octanol–water partition coefficient (Wildman–Crippen LogP) is 3.99. The van der Waals surface area contributed by atoms with Gasteiger partial charge in [0.1, 0.15) is 18.9 Å². The monoisotopic (exact) mass is 351 g/mol. The quantitative estimate of drug-likeness (QED) is 0.477. The molecule has 0 amide bonds. The third-order valence-electron chi connectivity index (χ3n) is 4.08. The van der Waals surface area contributed by atoms with Crippen molar-refractivity contribution in [2.45, 2.75) is 27.0 Å². The standard InChI is InChI=1S/C21H21NO4/c1-3-25-21(24)13-22-12-19(15(2)23)18-11-17(9-10-20(18)22)26-14-16-7-5-4-6-8-16/h4-12H,3,13-14H2,1-2H3. The summed E-state index contributed by atoms with van der Waals surface area (Å²) in [5.41, 5.74) is 2.43. The van der Waals surface area contributed by atoms with Gasteiger partial charge >= 0.3 is 5.97 Å². The minimum absolute atomic E-state index is 0.0576. The number of hydrogen-bond acceptors (Lipinski definition) is 4. The zero-order chi connectivity index (χ0) is 18.5. The maximum Gasteiger partial charge on any atom is 0.325 e. The van der Waals surface area contributed by atoms with Crippen molar-refractivity contribution in [2.75, 3.05) is 6.61 Å². The fourth-order valence-corrected chi connectivity index (χ4v) is 2.86. The lowest BCUT2D eigenvalue weighted by atomic mass is 10.1. The van der Waals surface area contributed by atoms with Crippen LogP contribution < -0.4 is 4.74 Å². The van der Waals surface area contributed by atoms with E-state index in [4.69, 9.17) is 9.47 Å². The first-order valence-corrected chi connectivity index (χ1v) is 8.54. The van der Waals surface area contributed by atoms with Crippen molar-refractivity contribution < 1.29 is 19.1 Å². The first-order chi connectivity index (χ1) is 12.6. The topological polar surface area (TPSA) is 57.5 Å². The summed E-state index contributed by atoms with van der Waals surface area (Å²) in [6.07, 6.45) is 1.70. The van der Waals surface area contributed by atoms with Gasteiger partial charge < -0.3 is 14.0 Å². The lowest BCUT2D eigenvalue weighted by molar-refractivity contribution is -0.143. The van der Waals surface area contributed by atoms with E-state index in [1.807, 2.05) is 48.5 Å². The highest BCUT2D eigenvalue weighted by Gasteiger charge is 2.15. The van der Waals surface area contributed by atoms with Crippen LogP contribution in [-0.2, 0) is 22.7 Å². The lowest BCUT2D eigenvalue weighted by Gasteiger charge is -2.08. The summed E-state index contributed by atoms with van der Waals surface area (Å²) < 4.78 is 12.6. The molecule has 0 spiro atoms. The number of carbonyl (C=O) groups is 2. The Morgan fingerprint density at radius 3 is 2.54 bits per heavy atom. The molecule has 0 fully saturated rings. The molecule has 0 aliphatic carbocycles. The number of ether oxygens (including phenoxy) is 2. The van der Waals surface area contributed by atoms with E-state index in [0.717, 1.165) is 16.5 Å². The Morgan fingerprint density at radius 1 is 1.08 bits per heavy atom.